The average Bonchev–Trinajstić information content (AvgIpc) is 2.91. The molecule has 0 radical (unpaired) electrons. The SMILES string of the molecule is O=C1CCC(N2Cc3ccc(CN4C[C@H]5C[C@@H](C4)N5)cc3C2=O)C(=O)N1. The number of benzene rings is 1. The van der Waals surface area contributed by atoms with Crippen LogP contribution < -0.4 is 10.6 Å². The van der Waals surface area contributed by atoms with Crippen LogP contribution in [0.25, 0.3) is 0 Å². The normalized spacial score (nSPS) is 30.8. The molecule has 0 aliphatic carbocycles. The van der Waals surface area contributed by atoms with E-state index < -0.39 is 6.04 Å². The maximum absolute atomic E-state index is 12.9. The van der Waals surface area contributed by atoms with Crippen molar-refractivity contribution in [3.8, 4) is 0 Å². The first-order chi connectivity index (χ1) is 12.6. The molecule has 136 valence electrons. The van der Waals surface area contributed by atoms with E-state index in [1.807, 2.05) is 12.1 Å². The molecule has 0 spiro atoms. The second kappa shape index (κ2) is 5.89. The number of nitrogens with zero attached hydrogens (tertiary/aromatic N) is 2. The van der Waals surface area contributed by atoms with Gasteiger partial charge < -0.3 is 10.2 Å². The van der Waals surface area contributed by atoms with Gasteiger partial charge in [-0.2, -0.15) is 0 Å². The Morgan fingerprint density at radius 1 is 1.12 bits per heavy atom. The maximum atomic E-state index is 12.9. The highest BCUT2D eigenvalue weighted by Crippen LogP contribution is 2.29. The minimum atomic E-state index is -0.545. The molecule has 3 atom stereocenters. The van der Waals surface area contributed by atoms with Crippen molar-refractivity contribution in [3.63, 3.8) is 0 Å². The van der Waals surface area contributed by atoms with Gasteiger partial charge in [0.05, 0.1) is 0 Å². The first-order valence-electron chi connectivity index (χ1n) is 9.32. The third kappa shape index (κ3) is 2.62. The van der Waals surface area contributed by atoms with E-state index in [0.717, 1.165) is 30.8 Å². The van der Waals surface area contributed by atoms with Gasteiger partial charge in [-0.05, 0) is 30.0 Å². The fourth-order valence-corrected chi connectivity index (χ4v) is 4.69. The van der Waals surface area contributed by atoms with Crippen LogP contribution in [0.1, 0.15) is 40.7 Å². The summed E-state index contributed by atoms with van der Waals surface area (Å²) >= 11 is 0. The van der Waals surface area contributed by atoms with Crippen molar-refractivity contribution in [2.45, 2.75) is 50.5 Å². The largest absolute Gasteiger partial charge is 0.322 e. The topological polar surface area (TPSA) is 81.8 Å². The minimum absolute atomic E-state index is 0.0977. The van der Waals surface area contributed by atoms with Crippen molar-refractivity contribution in [1.29, 1.82) is 0 Å². The molecule has 5 heterocycles. The summed E-state index contributed by atoms with van der Waals surface area (Å²) in [5.41, 5.74) is 2.81. The predicted molar refractivity (Wildman–Crippen MR) is 93.1 cm³/mol. The van der Waals surface area contributed by atoms with E-state index in [1.54, 1.807) is 4.90 Å². The molecule has 1 unspecified atom stereocenters. The lowest BCUT2D eigenvalue weighted by atomic mass is 9.91. The molecule has 4 fully saturated rings. The highest BCUT2D eigenvalue weighted by Gasteiger charge is 2.39. The zero-order chi connectivity index (χ0) is 17.8. The van der Waals surface area contributed by atoms with Crippen LogP contribution >= 0.6 is 0 Å². The lowest BCUT2D eigenvalue weighted by molar-refractivity contribution is -0.136. The number of rotatable bonds is 3. The van der Waals surface area contributed by atoms with Crippen LogP contribution in [-0.2, 0) is 22.7 Å². The van der Waals surface area contributed by atoms with Crippen molar-refractivity contribution in [2.75, 3.05) is 13.1 Å². The molecule has 6 rings (SSSR count). The van der Waals surface area contributed by atoms with Crippen LogP contribution in [-0.4, -0.2) is 58.7 Å². The third-order valence-electron chi connectivity index (χ3n) is 6.00. The Bertz CT molecular complexity index is 792. The molecule has 7 heteroatoms. The van der Waals surface area contributed by atoms with Crippen molar-refractivity contribution in [1.82, 2.24) is 20.4 Å². The van der Waals surface area contributed by atoms with Gasteiger partial charge in [0.2, 0.25) is 11.8 Å². The van der Waals surface area contributed by atoms with Gasteiger partial charge in [-0.3, -0.25) is 24.6 Å². The zero-order valence-corrected chi connectivity index (χ0v) is 14.5. The number of piperazine rings is 1. The van der Waals surface area contributed by atoms with Crippen molar-refractivity contribution in [3.05, 3.63) is 34.9 Å². The van der Waals surface area contributed by atoms with Gasteiger partial charge in [0.1, 0.15) is 6.04 Å². The zero-order valence-electron chi connectivity index (χ0n) is 14.5. The van der Waals surface area contributed by atoms with Crippen LogP contribution in [0.4, 0.5) is 0 Å². The highest BCUT2D eigenvalue weighted by molar-refractivity contribution is 6.05. The summed E-state index contributed by atoms with van der Waals surface area (Å²) in [4.78, 5) is 40.4. The van der Waals surface area contributed by atoms with Gasteiger partial charge in [-0.15, -0.1) is 0 Å². The highest BCUT2D eigenvalue weighted by atomic mass is 16.2. The lowest BCUT2D eigenvalue weighted by Crippen LogP contribution is -2.66. The number of hydrogen-bond donors (Lipinski definition) is 2. The van der Waals surface area contributed by atoms with Gasteiger partial charge in [0.25, 0.3) is 5.91 Å². The van der Waals surface area contributed by atoms with Gasteiger partial charge in [0.15, 0.2) is 0 Å². The number of fused-ring (bicyclic) bond motifs is 3. The van der Waals surface area contributed by atoms with Crippen molar-refractivity contribution >= 4 is 17.7 Å². The van der Waals surface area contributed by atoms with Crippen LogP contribution in [0.5, 0.6) is 0 Å². The summed E-state index contributed by atoms with van der Waals surface area (Å²) in [6.45, 7) is 3.42. The Balaban J connectivity index is 1.31. The van der Waals surface area contributed by atoms with E-state index in [1.165, 1.54) is 6.42 Å². The Labute approximate surface area is 151 Å². The van der Waals surface area contributed by atoms with Gasteiger partial charge in [0, 0.05) is 50.2 Å². The van der Waals surface area contributed by atoms with E-state index in [9.17, 15) is 14.4 Å². The molecule has 3 amide bonds. The second-order valence-electron chi connectivity index (χ2n) is 7.88. The standard InChI is InChI=1S/C19H22N4O3/c24-17-4-3-16(18(25)21-17)23-8-12-2-1-11(5-15(12)19(23)26)7-22-9-13-6-14(10-22)20-13/h1-2,5,13-14,16,20H,3-4,6-10H2,(H,21,24,25)/t13-,14+,16?. The van der Waals surface area contributed by atoms with E-state index in [4.69, 9.17) is 0 Å². The van der Waals surface area contributed by atoms with E-state index in [2.05, 4.69) is 21.6 Å². The number of nitrogens with one attached hydrogen (secondary N) is 2. The fraction of sp³-hybridized carbons (Fsp3) is 0.526. The Morgan fingerprint density at radius 3 is 2.62 bits per heavy atom. The molecular weight excluding hydrogens is 332 g/mol. The van der Waals surface area contributed by atoms with Crippen molar-refractivity contribution < 1.29 is 14.4 Å². The summed E-state index contributed by atoms with van der Waals surface area (Å²) in [6.07, 6.45) is 1.97. The summed E-state index contributed by atoms with van der Waals surface area (Å²) in [7, 11) is 0. The summed E-state index contributed by atoms with van der Waals surface area (Å²) in [6, 6.07) is 6.78. The minimum Gasteiger partial charge on any atom is -0.322 e. The molecule has 2 bridgehead atoms. The van der Waals surface area contributed by atoms with E-state index in [-0.39, 0.29) is 24.1 Å². The fourth-order valence-electron chi connectivity index (χ4n) is 4.69. The number of imide groups is 1. The summed E-state index contributed by atoms with van der Waals surface area (Å²) in [5, 5.41) is 5.87. The predicted octanol–water partition coefficient (Wildman–Crippen LogP) is -0.00630. The third-order valence-corrected chi connectivity index (χ3v) is 6.00. The van der Waals surface area contributed by atoms with E-state index in [0.29, 0.717) is 30.6 Å². The van der Waals surface area contributed by atoms with Crippen LogP contribution in [0.2, 0.25) is 0 Å². The summed E-state index contributed by atoms with van der Waals surface area (Å²) < 4.78 is 0. The molecule has 5 aliphatic heterocycles. The first-order valence-corrected chi connectivity index (χ1v) is 9.32. The monoisotopic (exact) mass is 354 g/mol. The quantitative estimate of drug-likeness (QED) is 0.747. The van der Waals surface area contributed by atoms with Gasteiger partial charge in [-0.1, -0.05) is 12.1 Å². The molecule has 4 saturated heterocycles. The molecule has 1 aromatic carbocycles. The van der Waals surface area contributed by atoms with Gasteiger partial charge >= 0.3 is 0 Å². The number of hydrogen-bond acceptors (Lipinski definition) is 5. The molecule has 26 heavy (non-hydrogen) atoms. The molecular formula is C19H22N4O3. The average molecular weight is 354 g/mol. The van der Waals surface area contributed by atoms with Crippen LogP contribution in [0, 0.1) is 0 Å². The van der Waals surface area contributed by atoms with E-state index >= 15 is 0 Å². The van der Waals surface area contributed by atoms with Gasteiger partial charge in [-0.25, -0.2) is 0 Å². The van der Waals surface area contributed by atoms with Crippen molar-refractivity contribution in [2.24, 2.45) is 0 Å². The molecule has 7 nitrogen and oxygen atoms in total. The van der Waals surface area contributed by atoms with Crippen LogP contribution in [0.3, 0.4) is 0 Å². The maximum Gasteiger partial charge on any atom is 0.255 e. The lowest BCUT2D eigenvalue weighted by Gasteiger charge is -2.48. The van der Waals surface area contributed by atoms with Crippen LogP contribution in [0.15, 0.2) is 18.2 Å². The molecule has 0 saturated carbocycles. The Kier molecular flexibility index (Phi) is 3.62. The number of carbonyl (C=O) groups excluding carboxylic acids is 3. The number of piperidine rings is 2. The Morgan fingerprint density at radius 2 is 1.88 bits per heavy atom. The molecule has 5 aliphatic rings. The smallest absolute Gasteiger partial charge is 0.255 e. The second-order valence-corrected chi connectivity index (χ2v) is 7.88. The number of carbonyl (C=O) groups is 3. The Hall–Kier alpha value is -2.25. The summed E-state index contributed by atoms with van der Waals surface area (Å²) in [5.74, 6) is -0.714. The first kappa shape index (κ1) is 16.0. The number of amides is 3. The molecule has 1 aromatic rings. The molecule has 0 aromatic heterocycles. The molecule has 2 N–H and O–H groups in total.